The number of nitrogens with one attached hydrogen (secondary N) is 2. The lowest BCUT2D eigenvalue weighted by Crippen LogP contribution is -2.13. The van der Waals surface area contributed by atoms with Gasteiger partial charge < -0.3 is 10.6 Å². The van der Waals surface area contributed by atoms with Crippen molar-refractivity contribution in [2.24, 2.45) is 0 Å². The molecule has 0 unspecified atom stereocenters. The number of nitrogens with zero attached hydrogens (tertiary/aromatic N) is 2. The molecule has 0 saturated carbocycles. The summed E-state index contributed by atoms with van der Waals surface area (Å²) in [6, 6.07) is 7.80. The zero-order valence-corrected chi connectivity index (χ0v) is 12.4. The van der Waals surface area contributed by atoms with E-state index in [0.29, 0.717) is 11.5 Å². The van der Waals surface area contributed by atoms with Crippen LogP contribution in [0.2, 0.25) is 0 Å². The van der Waals surface area contributed by atoms with Gasteiger partial charge in [0.05, 0.1) is 5.56 Å². The molecule has 0 fully saturated rings. The van der Waals surface area contributed by atoms with Gasteiger partial charge in [0.1, 0.15) is 0 Å². The molecule has 1 aromatic carbocycles. The monoisotopic (exact) mass is 284 g/mol. The normalized spacial score (nSPS) is 10.2. The zero-order valence-electron chi connectivity index (χ0n) is 12.4. The average Bonchev–Trinajstić information content (AvgIpc) is 2.54. The van der Waals surface area contributed by atoms with Gasteiger partial charge in [-0.25, -0.2) is 9.97 Å². The SMILES string of the molecule is CCCNc1ncc(C(=O)Nc2ccc(CC)cc2)cn1. The second-order valence-corrected chi connectivity index (χ2v) is 4.73. The minimum atomic E-state index is -0.207. The van der Waals surface area contributed by atoms with E-state index in [4.69, 9.17) is 0 Å². The summed E-state index contributed by atoms with van der Waals surface area (Å²) in [5.74, 6) is 0.335. The van der Waals surface area contributed by atoms with E-state index in [0.717, 1.165) is 25.1 Å². The highest BCUT2D eigenvalue weighted by molar-refractivity contribution is 6.03. The van der Waals surface area contributed by atoms with Crippen molar-refractivity contribution in [1.82, 2.24) is 9.97 Å². The Balaban J connectivity index is 1.98. The van der Waals surface area contributed by atoms with Crippen LogP contribution in [-0.4, -0.2) is 22.4 Å². The van der Waals surface area contributed by atoms with Crippen molar-refractivity contribution in [1.29, 1.82) is 0 Å². The van der Waals surface area contributed by atoms with Crippen LogP contribution >= 0.6 is 0 Å². The lowest BCUT2D eigenvalue weighted by molar-refractivity contribution is 0.102. The summed E-state index contributed by atoms with van der Waals surface area (Å²) in [7, 11) is 0. The Morgan fingerprint density at radius 2 is 1.76 bits per heavy atom. The smallest absolute Gasteiger partial charge is 0.258 e. The van der Waals surface area contributed by atoms with Gasteiger partial charge in [0, 0.05) is 24.6 Å². The summed E-state index contributed by atoms with van der Waals surface area (Å²) in [6.07, 6.45) is 5.04. The number of carbonyl (C=O) groups is 1. The van der Waals surface area contributed by atoms with E-state index in [-0.39, 0.29) is 5.91 Å². The zero-order chi connectivity index (χ0) is 15.1. The molecule has 0 saturated heterocycles. The molecule has 1 aromatic heterocycles. The number of rotatable bonds is 6. The molecule has 1 amide bonds. The first-order valence-electron chi connectivity index (χ1n) is 7.19. The summed E-state index contributed by atoms with van der Waals surface area (Å²) >= 11 is 0. The van der Waals surface area contributed by atoms with Crippen LogP contribution in [0.15, 0.2) is 36.7 Å². The Morgan fingerprint density at radius 3 is 2.33 bits per heavy atom. The topological polar surface area (TPSA) is 66.9 Å². The van der Waals surface area contributed by atoms with Crippen LogP contribution in [0.3, 0.4) is 0 Å². The highest BCUT2D eigenvalue weighted by atomic mass is 16.1. The van der Waals surface area contributed by atoms with Gasteiger partial charge in [-0.3, -0.25) is 4.79 Å². The number of hydrogen-bond acceptors (Lipinski definition) is 4. The largest absolute Gasteiger partial charge is 0.354 e. The van der Waals surface area contributed by atoms with Crippen LogP contribution in [0, 0.1) is 0 Å². The summed E-state index contributed by atoms with van der Waals surface area (Å²) in [5.41, 5.74) is 2.45. The first-order valence-corrected chi connectivity index (χ1v) is 7.19. The Morgan fingerprint density at radius 1 is 1.10 bits per heavy atom. The van der Waals surface area contributed by atoms with Crippen molar-refractivity contribution in [3.63, 3.8) is 0 Å². The van der Waals surface area contributed by atoms with Crippen LogP contribution in [-0.2, 0) is 6.42 Å². The van der Waals surface area contributed by atoms with E-state index in [2.05, 4.69) is 34.4 Å². The molecule has 0 radical (unpaired) electrons. The molecule has 1 heterocycles. The molecule has 0 aliphatic rings. The van der Waals surface area contributed by atoms with Gasteiger partial charge in [0.25, 0.3) is 5.91 Å². The fourth-order valence-corrected chi connectivity index (χ4v) is 1.80. The van der Waals surface area contributed by atoms with E-state index >= 15 is 0 Å². The van der Waals surface area contributed by atoms with Crippen molar-refractivity contribution in [2.45, 2.75) is 26.7 Å². The Bertz CT molecular complexity index is 578. The maximum absolute atomic E-state index is 12.1. The molecule has 2 aromatic rings. The maximum Gasteiger partial charge on any atom is 0.258 e. The number of aryl methyl sites for hydroxylation is 1. The van der Waals surface area contributed by atoms with Gasteiger partial charge in [-0.2, -0.15) is 0 Å². The lowest BCUT2D eigenvalue weighted by atomic mass is 10.1. The molecule has 21 heavy (non-hydrogen) atoms. The van der Waals surface area contributed by atoms with Gasteiger partial charge in [-0.15, -0.1) is 0 Å². The number of anilines is 2. The van der Waals surface area contributed by atoms with Crippen LogP contribution in [0.4, 0.5) is 11.6 Å². The summed E-state index contributed by atoms with van der Waals surface area (Å²) in [5, 5.41) is 5.90. The van der Waals surface area contributed by atoms with Crippen molar-refractivity contribution < 1.29 is 4.79 Å². The molecular formula is C16H20N4O. The Labute approximate surface area is 124 Å². The predicted molar refractivity (Wildman–Crippen MR) is 84.6 cm³/mol. The second-order valence-electron chi connectivity index (χ2n) is 4.73. The van der Waals surface area contributed by atoms with Crippen LogP contribution in [0.5, 0.6) is 0 Å². The number of hydrogen-bond donors (Lipinski definition) is 2. The number of aromatic nitrogens is 2. The van der Waals surface area contributed by atoms with Gasteiger partial charge >= 0.3 is 0 Å². The van der Waals surface area contributed by atoms with Gasteiger partial charge in [-0.05, 0) is 30.5 Å². The second kappa shape index (κ2) is 7.38. The molecule has 0 aliphatic heterocycles. The molecule has 2 rings (SSSR count). The number of carbonyl (C=O) groups excluding carboxylic acids is 1. The molecular weight excluding hydrogens is 264 g/mol. The van der Waals surface area contributed by atoms with Gasteiger partial charge in [-0.1, -0.05) is 26.0 Å². The molecule has 0 aliphatic carbocycles. The average molecular weight is 284 g/mol. The van der Waals surface area contributed by atoms with E-state index < -0.39 is 0 Å². The van der Waals surface area contributed by atoms with Crippen molar-refractivity contribution >= 4 is 17.5 Å². The van der Waals surface area contributed by atoms with Crippen molar-refractivity contribution in [3.05, 3.63) is 47.8 Å². The minimum Gasteiger partial charge on any atom is -0.354 e. The fourth-order valence-electron chi connectivity index (χ4n) is 1.80. The van der Waals surface area contributed by atoms with Crippen molar-refractivity contribution in [2.75, 3.05) is 17.2 Å². The molecule has 0 atom stereocenters. The third-order valence-electron chi connectivity index (χ3n) is 3.07. The predicted octanol–water partition coefficient (Wildman–Crippen LogP) is 3.11. The summed E-state index contributed by atoms with van der Waals surface area (Å²) in [6.45, 7) is 4.98. The van der Waals surface area contributed by atoms with E-state index in [1.807, 2.05) is 24.3 Å². The molecule has 0 bridgehead atoms. The molecule has 2 N–H and O–H groups in total. The number of amides is 1. The first kappa shape index (κ1) is 15.0. The summed E-state index contributed by atoms with van der Waals surface area (Å²) in [4.78, 5) is 20.3. The Hall–Kier alpha value is -2.43. The van der Waals surface area contributed by atoms with Crippen LogP contribution < -0.4 is 10.6 Å². The first-order chi connectivity index (χ1) is 10.2. The maximum atomic E-state index is 12.1. The van der Waals surface area contributed by atoms with Crippen LogP contribution in [0.1, 0.15) is 36.2 Å². The van der Waals surface area contributed by atoms with Crippen molar-refractivity contribution in [3.8, 4) is 0 Å². The third kappa shape index (κ3) is 4.27. The fraction of sp³-hybridized carbons (Fsp3) is 0.312. The van der Waals surface area contributed by atoms with Gasteiger partial charge in [0.2, 0.25) is 5.95 Å². The lowest BCUT2D eigenvalue weighted by Gasteiger charge is -2.06. The number of benzene rings is 1. The quantitative estimate of drug-likeness (QED) is 0.855. The molecule has 5 heteroatoms. The molecule has 0 spiro atoms. The highest BCUT2D eigenvalue weighted by Gasteiger charge is 2.07. The molecule has 110 valence electrons. The van der Waals surface area contributed by atoms with E-state index in [1.54, 1.807) is 0 Å². The minimum absolute atomic E-state index is 0.207. The summed E-state index contributed by atoms with van der Waals surface area (Å²) < 4.78 is 0. The van der Waals surface area contributed by atoms with Crippen LogP contribution in [0.25, 0.3) is 0 Å². The highest BCUT2D eigenvalue weighted by Crippen LogP contribution is 2.11. The van der Waals surface area contributed by atoms with E-state index in [1.165, 1.54) is 18.0 Å². The standard InChI is InChI=1S/C16H20N4O/c1-3-9-17-16-18-10-13(11-19-16)15(21)20-14-7-5-12(4-2)6-8-14/h5-8,10-11H,3-4,9H2,1-2H3,(H,20,21)(H,17,18,19). The Kier molecular flexibility index (Phi) is 5.26. The van der Waals surface area contributed by atoms with E-state index in [9.17, 15) is 4.79 Å². The van der Waals surface area contributed by atoms with Gasteiger partial charge in [0.15, 0.2) is 0 Å². The molecule has 5 nitrogen and oxygen atoms in total. The third-order valence-corrected chi connectivity index (χ3v) is 3.07.